The second-order valence-electron chi connectivity index (χ2n) is 5.03. The number of hydrogen-bond acceptors (Lipinski definition) is 3. The lowest BCUT2D eigenvalue weighted by Gasteiger charge is -2.32. The molecule has 2 atom stereocenters. The number of ketones is 1. The maximum absolute atomic E-state index is 12.0. The Kier molecular flexibility index (Phi) is 5.19. The molecule has 1 heterocycles. The highest BCUT2D eigenvalue weighted by molar-refractivity contribution is 5.99. The van der Waals surface area contributed by atoms with Crippen molar-refractivity contribution >= 4 is 5.78 Å². The second-order valence-corrected chi connectivity index (χ2v) is 5.03. The Hall–Kier alpha value is -0.830. The van der Waals surface area contributed by atoms with Crippen LogP contribution in [0, 0.1) is 5.92 Å². The first-order chi connectivity index (χ1) is 8.04. The van der Waals surface area contributed by atoms with Crippen LogP contribution in [0.1, 0.15) is 52.9 Å². The Morgan fingerprint density at radius 1 is 1.41 bits per heavy atom. The van der Waals surface area contributed by atoms with Crippen LogP contribution >= 0.6 is 0 Å². The van der Waals surface area contributed by atoms with Crippen molar-refractivity contribution in [3.8, 4) is 0 Å². The van der Waals surface area contributed by atoms with Crippen molar-refractivity contribution in [2.45, 2.75) is 58.5 Å². The second kappa shape index (κ2) is 6.20. The van der Waals surface area contributed by atoms with Crippen LogP contribution < -0.4 is 0 Å². The summed E-state index contributed by atoms with van der Waals surface area (Å²) in [6, 6.07) is 0. The summed E-state index contributed by atoms with van der Waals surface area (Å²) in [4.78, 5) is 12.0. The smallest absolute Gasteiger partial charge is 0.202 e. The quantitative estimate of drug-likeness (QED) is 0.696. The minimum absolute atomic E-state index is 0.0462. The molecule has 3 heteroatoms. The summed E-state index contributed by atoms with van der Waals surface area (Å²) < 4.78 is 5.71. The van der Waals surface area contributed by atoms with Crippen molar-refractivity contribution in [1.29, 1.82) is 0 Å². The van der Waals surface area contributed by atoms with Crippen LogP contribution in [0.15, 0.2) is 11.8 Å². The van der Waals surface area contributed by atoms with E-state index in [1.54, 1.807) is 6.08 Å². The van der Waals surface area contributed by atoms with Crippen molar-refractivity contribution in [3.05, 3.63) is 11.8 Å². The molecule has 0 aromatic rings. The molecule has 0 aromatic carbocycles. The van der Waals surface area contributed by atoms with E-state index in [9.17, 15) is 4.79 Å². The minimum Gasteiger partial charge on any atom is -0.484 e. The molecular formula is C14H24O3. The third-order valence-electron chi connectivity index (χ3n) is 3.61. The molecule has 0 bridgehead atoms. The van der Waals surface area contributed by atoms with Gasteiger partial charge in [0, 0.05) is 18.6 Å². The summed E-state index contributed by atoms with van der Waals surface area (Å²) in [5.74, 6) is 0.848. The SMILES string of the molecule is CCCCC[C@H](CCO)[C@@]1(C)OC(C)=CC1=O. The molecule has 1 aliphatic heterocycles. The molecule has 98 valence electrons. The molecule has 0 unspecified atom stereocenters. The van der Waals surface area contributed by atoms with E-state index in [1.807, 2.05) is 13.8 Å². The summed E-state index contributed by atoms with van der Waals surface area (Å²) in [5, 5.41) is 9.14. The maximum atomic E-state index is 12.0. The van der Waals surface area contributed by atoms with Gasteiger partial charge in [0.1, 0.15) is 0 Å². The Bertz CT molecular complexity index is 296. The van der Waals surface area contributed by atoms with Gasteiger partial charge in [-0.2, -0.15) is 0 Å². The van der Waals surface area contributed by atoms with Crippen molar-refractivity contribution in [1.82, 2.24) is 0 Å². The van der Waals surface area contributed by atoms with Gasteiger partial charge in [-0.25, -0.2) is 0 Å². The number of ether oxygens (including phenoxy) is 1. The maximum Gasteiger partial charge on any atom is 0.202 e. The van der Waals surface area contributed by atoms with Gasteiger partial charge in [-0.05, 0) is 26.7 Å². The molecule has 0 radical (unpaired) electrons. The molecular weight excluding hydrogens is 216 g/mol. The van der Waals surface area contributed by atoms with Gasteiger partial charge >= 0.3 is 0 Å². The molecule has 0 fully saturated rings. The molecule has 0 aromatic heterocycles. The minimum atomic E-state index is -0.749. The number of allylic oxidation sites excluding steroid dienone is 1. The lowest BCUT2D eigenvalue weighted by Crippen LogP contribution is -2.41. The highest BCUT2D eigenvalue weighted by Crippen LogP contribution is 2.36. The molecule has 0 saturated heterocycles. The number of hydrogen-bond donors (Lipinski definition) is 1. The third-order valence-corrected chi connectivity index (χ3v) is 3.61. The van der Waals surface area contributed by atoms with E-state index >= 15 is 0 Å². The van der Waals surface area contributed by atoms with Crippen LogP contribution in [-0.2, 0) is 9.53 Å². The average Bonchev–Trinajstić information content (AvgIpc) is 2.53. The van der Waals surface area contributed by atoms with E-state index in [-0.39, 0.29) is 18.3 Å². The van der Waals surface area contributed by atoms with Crippen LogP contribution in [-0.4, -0.2) is 23.1 Å². The molecule has 3 nitrogen and oxygen atoms in total. The van der Waals surface area contributed by atoms with Crippen LogP contribution in [0.5, 0.6) is 0 Å². The zero-order valence-corrected chi connectivity index (χ0v) is 11.2. The van der Waals surface area contributed by atoms with E-state index in [4.69, 9.17) is 9.84 Å². The highest BCUT2D eigenvalue weighted by atomic mass is 16.5. The van der Waals surface area contributed by atoms with Gasteiger partial charge in [0.15, 0.2) is 5.60 Å². The first-order valence-electron chi connectivity index (χ1n) is 6.57. The third kappa shape index (κ3) is 3.32. The van der Waals surface area contributed by atoms with Gasteiger partial charge in [0.05, 0.1) is 5.76 Å². The molecule has 0 saturated carbocycles. The summed E-state index contributed by atoms with van der Waals surface area (Å²) in [6.45, 7) is 5.94. The first-order valence-corrected chi connectivity index (χ1v) is 6.57. The van der Waals surface area contributed by atoms with E-state index < -0.39 is 5.60 Å². The number of carbonyl (C=O) groups excluding carboxylic acids is 1. The Morgan fingerprint density at radius 2 is 2.12 bits per heavy atom. The summed E-state index contributed by atoms with van der Waals surface area (Å²) in [7, 11) is 0. The zero-order chi connectivity index (χ0) is 12.9. The van der Waals surface area contributed by atoms with Crippen molar-refractivity contribution in [3.63, 3.8) is 0 Å². The summed E-state index contributed by atoms with van der Waals surface area (Å²) in [5.41, 5.74) is -0.749. The average molecular weight is 240 g/mol. The Labute approximate surface area is 104 Å². The summed E-state index contributed by atoms with van der Waals surface area (Å²) >= 11 is 0. The Balaban J connectivity index is 2.66. The highest BCUT2D eigenvalue weighted by Gasteiger charge is 2.45. The van der Waals surface area contributed by atoms with Gasteiger partial charge in [-0.3, -0.25) is 4.79 Å². The van der Waals surface area contributed by atoms with Crippen molar-refractivity contribution in [2.75, 3.05) is 6.61 Å². The Morgan fingerprint density at radius 3 is 2.59 bits per heavy atom. The normalized spacial score (nSPS) is 25.6. The topological polar surface area (TPSA) is 46.5 Å². The number of unbranched alkanes of at least 4 members (excludes halogenated alkanes) is 2. The largest absolute Gasteiger partial charge is 0.484 e. The van der Waals surface area contributed by atoms with Gasteiger partial charge in [-0.15, -0.1) is 0 Å². The van der Waals surface area contributed by atoms with E-state index in [2.05, 4.69) is 6.92 Å². The van der Waals surface area contributed by atoms with Gasteiger partial charge in [0.25, 0.3) is 0 Å². The first kappa shape index (κ1) is 14.2. The molecule has 1 N–H and O–H groups in total. The predicted octanol–water partition coefficient (Wildman–Crippen LogP) is 2.83. The van der Waals surface area contributed by atoms with Crippen LogP contribution in [0.4, 0.5) is 0 Å². The van der Waals surface area contributed by atoms with Crippen LogP contribution in [0.25, 0.3) is 0 Å². The fraction of sp³-hybridized carbons (Fsp3) is 0.786. The van der Waals surface area contributed by atoms with E-state index in [1.165, 1.54) is 6.42 Å². The molecule has 0 spiro atoms. The van der Waals surface area contributed by atoms with Crippen LogP contribution in [0.2, 0.25) is 0 Å². The predicted molar refractivity (Wildman–Crippen MR) is 67.6 cm³/mol. The molecule has 17 heavy (non-hydrogen) atoms. The lowest BCUT2D eigenvalue weighted by atomic mass is 9.80. The summed E-state index contributed by atoms with van der Waals surface area (Å²) in [6.07, 6.45) is 6.56. The standard InChI is InChI=1S/C14H24O3/c1-4-5-6-7-12(8-9-15)14(3)13(16)10-11(2)17-14/h10,12,15H,4-9H2,1-3H3/t12-,14-/m1/s1. The molecule has 1 rings (SSSR count). The van der Waals surface area contributed by atoms with Gasteiger partial charge in [0.2, 0.25) is 5.78 Å². The molecule has 0 aliphatic carbocycles. The fourth-order valence-electron chi connectivity index (χ4n) is 2.52. The zero-order valence-electron chi connectivity index (χ0n) is 11.2. The van der Waals surface area contributed by atoms with E-state index in [0.717, 1.165) is 19.3 Å². The lowest BCUT2D eigenvalue weighted by molar-refractivity contribution is -0.134. The van der Waals surface area contributed by atoms with Gasteiger partial charge < -0.3 is 9.84 Å². The number of rotatable bonds is 7. The monoisotopic (exact) mass is 240 g/mol. The number of aliphatic hydroxyl groups is 1. The number of carbonyl (C=O) groups is 1. The van der Waals surface area contributed by atoms with Crippen molar-refractivity contribution in [2.24, 2.45) is 5.92 Å². The van der Waals surface area contributed by atoms with Crippen molar-refractivity contribution < 1.29 is 14.6 Å². The molecule has 1 aliphatic rings. The molecule has 0 amide bonds. The van der Waals surface area contributed by atoms with Crippen LogP contribution in [0.3, 0.4) is 0 Å². The van der Waals surface area contributed by atoms with Gasteiger partial charge in [-0.1, -0.05) is 26.2 Å². The fourth-order valence-corrected chi connectivity index (χ4v) is 2.52. The van der Waals surface area contributed by atoms with E-state index in [0.29, 0.717) is 12.2 Å². The number of aliphatic hydroxyl groups excluding tert-OH is 1.